The number of carbonyl (C=O) groups is 2. The van der Waals surface area contributed by atoms with Crippen LogP contribution in [-0.2, 0) is 4.74 Å². The molecule has 2 rings (SSSR count). The molecule has 0 radical (unpaired) electrons. The van der Waals surface area contributed by atoms with Crippen molar-refractivity contribution in [1.29, 1.82) is 0 Å². The number of amides is 2. The molecule has 7 heteroatoms. The van der Waals surface area contributed by atoms with Crippen LogP contribution in [0.3, 0.4) is 0 Å². The fraction of sp³-hybridized carbons (Fsp3) is 0.176. The predicted octanol–water partition coefficient (Wildman–Crippen LogP) is 3.62. The molecule has 0 spiro atoms. The fourth-order valence-electron chi connectivity index (χ4n) is 1.96. The summed E-state index contributed by atoms with van der Waals surface area (Å²) in [6, 6.07) is 11.2. The van der Waals surface area contributed by atoms with E-state index in [2.05, 4.69) is 10.6 Å². The van der Waals surface area contributed by atoms with Crippen LogP contribution < -0.4 is 10.6 Å². The average molecular weight is 367 g/mol. The van der Waals surface area contributed by atoms with Gasteiger partial charge in [0.1, 0.15) is 0 Å². The molecule has 0 heterocycles. The van der Waals surface area contributed by atoms with Gasteiger partial charge in [0.15, 0.2) is 0 Å². The number of nitrogens with one attached hydrogen (secondary N) is 2. The first-order valence-electron chi connectivity index (χ1n) is 7.15. The maximum Gasteiger partial charge on any atom is 0.255 e. The Morgan fingerprint density at radius 2 is 1.75 bits per heavy atom. The number of rotatable bonds is 6. The minimum Gasteiger partial charge on any atom is -0.383 e. The van der Waals surface area contributed by atoms with Gasteiger partial charge in [0.2, 0.25) is 0 Å². The highest BCUT2D eigenvalue weighted by Gasteiger charge is 2.12. The van der Waals surface area contributed by atoms with E-state index in [0.29, 0.717) is 40.0 Å². The van der Waals surface area contributed by atoms with Gasteiger partial charge in [-0.2, -0.15) is 0 Å². The Kier molecular flexibility index (Phi) is 6.61. The molecular formula is C17H16Cl2N2O3. The van der Waals surface area contributed by atoms with Crippen LogP contribution in [0, 0.1) is 0 Å². The molecule has 0 saturated heterocycles. The van der Waals surface area contributed by atoms with Crippen LogP contribution in [0.4, 0.5) is 5.69 Å². The van der Waals surface area contributed by atoms with Gasteiger partial charge in [-0.3, -0.25) is 9.59 Å². The van der Waals surface area contributed by atoms with Crippen molar-refractivity contribution >= 4 is 40.7 Å². The Bertz CT molecular complexity index is 750. The lowest BCUT2D eigenvalue weighted by molar-refractivity contribution is 0.0937. The van der Waals surface area contributed by atoms with Gasteiger partial charge in [-0.1, -0.05) is 29.3 Å². The summed E-state index contributed by atoms with van der Waals surface area (Å²) in [7, 11) is 1.55. The second kappa shape index (κ2) is 8.68. The molecule has 0 saturated carbocycles. The SMILES string of the molecule is COCCNC(=O)c1cccc(C(=O)Nc2ccc(Cl)cc2Cl)c1. The first kappa shape index (κ1) is 18.3. The molecular weight excluding hydrogens is 351 g/mol. The maximum atomic E-state index is 12.3. The Hall–Kier alpha value is -2.08. The van der Waals surface area contributed by atoms with Crippen LogP contribution in [0.2, 0.25) is 10.0 Å². The predicted molar refractivity (Wildman–Crippen MR) is 95.1 cm³/mol. The number of anilines is 1. The van der Waals surface area contributed by atoms with Crippen molar-refractivity contribution in [3.63, 3.8) is 0 Å². The lowest BCUT2D eigenvalue weighted by atomic mass is 10.1. The summed E-state index contributed by atoms with van der Waals surface area (Å²) in [6.07, 6.45) is 0. The first-order valence-corrected chi connectivity index (χ1v) is 7.90. The quantitative estimate of drug-likeness (QED) is 0.767. The van der Waals surface area contributed by atoms with Crippen molar-refractivity contribution in [2.24, 2.45) is 0 Å². The highest BCUT2D eigenvalue weighted by molar-refractivity contribution is 6.36. The molecule has 0 aliphatic heterocycles. The van der Waals surface area contributed by atoms with E-state index in [1.165, 1.54) is 6.07 Å². The molecule has 0 bridgehead atoms. The highest BCUT2D eigenvalue weighted by atomic mass is 35.5. The van der Waals surface area contributed by atoms with E-state index in [0.717, 1.165) is 0 Å². The van der Waals surface area contributed by atoms with Gasteiger partial charge >= 0.3 is 0 Å². The number of hydrogen-bond acceptors (Lipinski definition) is 3. The molecule has 0 aromatic heterocycles. The molecule has 126 valence electrons. The molecule has 24 heavy (non-hydrogen) atoms. The fourth-order valence-corrected chi connectivity index (χ4v) is 2.41. The monoisotopic (exact) mass is 366 g/mol. The maximum absolute atomic E-state index is 12.3. The summed E-state index contributed by atoms with van der Waals surface area (Å²) in [5, 5.41) is 6.21. The summed E-state index contributed by atoms with van der Waals surface area (Å²) in [5.41, 5.74) is 1.18. The van der Waals surface area contributed by atoms with E-state index >= 15 is 0 Å². The Morgan fingerprint density at radius 1 is 1.04 bits per heavy atom. The van der Waals surface area contributed by atoms with Crippen molar-refractivity contribution < 1.29 is 14.3 Å². The van der Waals surface area contributed by atoms with Crippen molar-refractivity contribution in [1.82, 2.24) is 5.32 Å². The summed E-state index contributed by atoms with van der Waals surface area (Å²) in [4.78, 5) is 24.3. The van der Waals surface area contributed by atoms with Gasteiger partial charge in [-0.05, 0) is 36.4 Å². The topological polar surface area (TPSA) is 67.4 Å². The summed E-state index contributed by atoms with van der Waals surface area (Å²) >= 11 is 11.9. The van der Waals surface area contributed by atoms with Crippen molar-refractivity contribution in [3.8, 4) is 0 Å². The van der Waals surface area contributed by atoms with E-state index in [9.17, 15) is 9.59 Å². The summed E-state index contributed by atoms with van der Waals surface area (Å²) < 4.78 is 4.88. The zero-order valence-corrected chi connectivity index (χ0v) is 14.4. The summed E-state index contributed by atoms with van der Waals surface area (Å²) in [5.74, 6) is -0.642. The number of benzene rings is 2. The smallest absolute Gasteiger partial charge is 0.255 e. The molecule has 0 fully saturated rings. The van der Waals surface area contributed by atoms with Crippen LogP contribution in [0.15, 0.2) is 42.5 Å². The molecule has 2 aromatic carbocycles. The first-order chi connectivity index (χ1) is 11.5. The second-order valence-corrected chi connectivity index (χ2v) is 5.75. The molecule has 2 aromatic rings. The Labute approximate surface area is 149 Å². The number of halogens is 2. The third-order valence-corrected chi connectivity index (χ3v) is 3.71. The van der Waals surface area contributed by atoms with E-state index < -0.39 is 0 Å². The van der Waals surface area contributed by atoms with Gasteiger partial charge in [0.25, 0.3) is 11.8 Å². The molecule has 0 atom stereocenters. The third-order valence-electron chi connectivity index (χ3n) is 3.16. The molecule has 0 aliphatic rings. The van der Waals surface area contributed by atoms with Gasteiger partial charge in [-0.25, -0.2) is 0 Å². The van der Waals surface area contributed by atoms with E-state index in [-0.39, 0.29) is 11.8 Å². The number of hydrogen-bond donors (Lipinski definition) is 2. The van der Waals surface area contributed by atoms with E-state index in [1.807, 2.05) is 0 Å². The molecule has 0 aliphatic carbocycles. The Morgan fingerprint density at radius 3 is 2.42 bits per heavy atom. The van der Waals surface area contributed by atoms with Crippen molar-refractivity contribution in [2.45, 2.75) is 0 Å². The number of carbonyl (C=O) groups excluding carboxylic acids is 2. The third kappa shape index (κ3) is 4.96. The van der Waals surface area contributed by atoms with Gasteiger partial charge in [0.05, 0.1) is 17.3 Å². The molecule has 2 amide bonds. The van der Waals surface area contributed by atoms with Crippen LogP contribution >= 0.6 is 23.2 Å². The lowest BCUT2D eigenvalue weighted by Gasteiger charge is -2.09. The number of methoxy groups -OCH3 is 1. The van der Waals surface area contributed by atoms with E-state index in [1.54, 1.807) is 43.5 Å². The van der Waals surface area contributed by atoms with Crippen LogP contribution in [0.1, 0.15) is 20.7 Å². The Balaban J connectivity index is 2.09. The number of ether oxygens (including phenoxy) is 1. The van der Waals surface area contributed by atoms with Crippen LogP contribution in [0.5, 0.6) is 0 Å². The zero-order chi connectivity index (χ0) is 17.5. The van der Waals surface area contributed by atoms with Gasteiger partial charge < -0.3 is 15.4 Å². The normalized spacial score (nSPS) is 10.3. The standard InChI is InChI=1S/C17H16Cl2N2O3/c1-24-8-7-20-16(22)11-3-2-4-12(9-11)17(23)21-15-6-5-13(18)10-14(15)19/h2-6,9-10H,7-8H2,1H3,(H,20,22)(H,21,23). The summed E-state index contributed by atoms with van der Waals surface area (Å²) in [6.45, 7) is 0.813. The highest BCUT2D eigenvalue weighted by Crippen LogP contribution is 2.25. The van der Waals surface area contributed by atoms with Gasteiger partial charge in [-0.15, -0.1) is 0 Å². The minimum atomic E-state index is -0.370. The molecule has 0 unspecified atom stereocenters. The van der Waals surface area contributed by atoms with E-state index in [4.69, 9.17) is 27.9 Å². The van der Waals surface area contributed by atoms with Crippen LogP contribution in [-0.4, -0.2) is 32.1 Å². The molecule has 5 nitrogen and oxygen atoms in total. The lowest BCUT2D eigenvalue weighted by Crippen LogP contribution is -2.27. The van der Waals surface area contributed by atoms with Crippen molar-refractivity contribution in [3.05, 3.63) is 63.6 Å². The van der Waals surface area contributed by atoms with Crippen LogP contribution in [0.25, 0.3) is 0 Å². The second-order valence-electron chi connectivity index (χ2n) is 4.91. The van der Waals surface area contributed by atoms with Gasteiger partial charge in [0, 0.05) is 29.8 Å². The zero-order valence-electron chi connectivity index (χ0n) is 12.9. The minimum absolute atomic E-state index is 0.272. The largest absolute Gasteiger partial charge is 0.383 e. The van der Waals surface area contributed by atoms with Crippen molar-refractivity contribution in [2.75, 3.05) is 25.6 Å². The molecule has 2 N–H and O–H groups in total. The average Bonchev–Trinajstić information content (AvgIpc) is 2.57.